The Kier molecular flexibility index (Phi) is 6.55. The van der Waals surface area contributed by atoms with E-state index in [0.717, 1.165) is 6.07 Å². The summed E-state index contributed by atoms with van der Waals surface area (Å²) in [5.74, 6) is -0.292. The molecule has 0 radical (unpaired) electrons. The van der Waals surface area contributed by atoms with Gasteiger partial charge in [0.15, 0.2) is 6.61 Å². The first-order valence-corrected chi connectivity index (χ1v) is 9.06. The lowest BCUT2D eigenvalue weighted by atomic mass is 10.2. The van der Waals surface area contributed by atoms with E-state index >= 15 is 0 Å². The summed E-state index contributed by atoms with van der Waals surface area (Å²) in [6, 6.07) is 11.1. The molecule has 1 amide bonds. The van der Waals surface area contributed by atoms with Gasteiger partial charge in [0.2, 0.25) is 5.82 Å². The summed E-state index contributed by atoms with van der Waals surface area (Å²) >= 11 is 0. The number of nitrogens with zero attached hydrogens (tertiary/aromatic N) is 3. The van der Waals surface area contributed by atoms with E-state index in [1.807, 2.05) is 0 Å². The van der Waals surface area contributed by atoms with Crippen molar-refractivity contribution in [3.8, 4) is 17.2 Å². The number of nitro groups is 1. The molecule has 0 saturated heterocycles. The van der Waals surface area contributed by atoms with E-state index in [2.05, 4.69) is 15.5 Å². The average Bonchev–Trinajstić information content (AvgIpc) is 3.26. The number of hydrogen-bond acceptors (Lipinski definition) is 9. The van der Waals surface area contributed by atoms with Crippen LogP contribution in [0.5, 0.6) is 5.75 Å². The van der Waals surface area contributed by atoms with Crippen LogP contribution in [0.4, 0.5) is 5.69 Å². The molecule has 11 nitrogen and oxygen atoms in total. The zero-order valence-electron chi connectivity index (χ0n) is 16.6. The fraction of sp³-hybridized carbons (Fsp3) is 0.200. The van der Waals surface area contributed by atoms with Crippen molar-refractivity contribution in [1.82, 2.24) is 15.5 Å². The van der Waals surface area contributed by atoms with Gasteiger partial charge in [-0.05, 0) is 37.3 Å². The van der Waals surface area contributed by atoms with Crippen molar-refractivity contribution in [1.29, 1.82) is 0 Å². The molecule has 160 valence electrons. The van der Waals surface area contributed by atoms with Gasteiger partial charge in [-0.15, -0.1) is 0 Å². The van der Waals surface area contributed by atoms with E-state index in [0.29, 0.717) is 11.3 Å². The first kappa shape index (κ1) is 21.4. The minimum atomic E-state index is -1.00. The number of amides is 1. The van der Waals surface area contributed by atoms with Crippen LogP contribution >= 0.6 is 0 Å². The highest BCUT2D eigenvalue weighted by Crippen LogP contribution is 2.20. The van der Waals surface area contributed by atoms with Gasteiger partial charge in [0.1, 0.15) is 11.8 Å². The molecule has 0 aliphatic rings. The van der Waals surface area contributed by atoms with E-state index in [-0.39, 0.29) is 29.6 Å². The second kappa shape index (κ2) is 9.48. The first-order valence-electron chi connectivity index (χ1n) is 9.06. The number of nitrogens with one attached hydrogen (secondary N) is 1. The summed E-state index contributed by atoms with van der Waals surface area (Å²) in [6.45, 7) is 1.17. The smallest absolute Gasteiger partial charge is 0.328 e. The van der Waals surface area contributed by atoms with Crippen LogP contribution in [-0.2, 0) is 16.1 Å². The third-order valence-corrected chi connectivity index (χ3v) is 4.17. The lowest BCUT2D eigenvalue weighted by Gasteiger charge is -2.12. The van der Waals surface area contributed by atoms with Crippen molar-refractivity contribution in [3.05, 3.63) is 70.0 Å². The van der Waals surface area contributed by atoms with Crippen LogP contribution in [0.15, 0.2) is 53.1 Å². The molecule has 0 bridgehead atoms. The Hall–Kier alpha value is -4.28. The zero-order chi connectivity index (χ0) is 22.4. The monoisotopic (exact) mass is 426 g/mol. The lowest BCUT2D eigenvalue weighted by Crippen LogP contribution is -2.39. The van der Waals surface area contributed by atoms with Gasteiger partial charge in [0.25, 0.3) is 17.5 Å². The standard InChI is InChI=1S/C20H18N4O7/c1-12(21-18(25)14-4-3-5-15(10-14)24(27)28)20(26)30-11-17-22-19(31-23-17)13-6-8-16(29-2)9-7-13/h3-10,12H,11H2,1-2H3,(H,21,25)/t12-/m0/s1. The highest BCUT2D eigenvalue weighted by molar-refractivity contribution is 5.97. The van der Waals surface area contributed by atoms with Crippen molar-refractivity contribution in [2.45, 2.75) is 19.6 Å². The molecule has 0 unspecified atom stereocenters. The maximum Gasteiger partial charge on any atom is 0.328 e. The maximum absolute atomic E-state index is 12.2. The molecular weight excluding hydrogens is 408 g/mol. The molecule has 0 aliphatic carbocycles. The fourth-order valence-electron chi connectivity index (χ4n) is 2.52. The second-order valence-electron chi connectivity index (χ2n) is 6.35. The highest BCUT2D eigenvalue weighted by atomic mass is 16.6. The molecule has 0 fully saturated rings. The molecule has 1 aromatic heterocycles. The molecule has 2 aromatic carbocycles. The molecule has 1 N–H and O–H groups in total. The molecule has 0 aliphatic heterocycles. The fourth-order valence-corrected chi connectivity index (χ4v) is 2.52. The third-order valence-electron chi connectivity index (χ3n) is 4.17. The molecule has 3 aromatic rings. The topological polar surface area (TPSA) is 147 Å². The number of carbonyl (C=O) groups excluding carboxylic acids is 2. The Morgan fingerprint density at radius 1 is 1.23 bits per heavy atom. The summed E-state index contributed by atoms with van der Waals surface area (Å²) in [5.41, 5.74) is 0.493. The molecule has 31 heavy (non-hydrogen) atoms. The molecule has 0 spiro atoms. The van der Waals surface area contributed by atoms with E-state index in [4.69, 9.17) is 14.0 Å². The number of ether oxygens (including phenoxy) is 2. The van der Waals surface area contributed by atoms with Crippen LogP contribution in [0.3, 0.4) is 0 Å². The predicted octanol–water partition coefficient (Wildman–Crippen LogP) is 2.52. The Bertz CT molecular complexity index is 1090. The number of methoxy groups -OCH3 is 1. The van der Waals surface area contributed by atoms with Gasteiger partial charge in [-0.2, -0.15) is 4.98 Å². The first-order chi connectivity index (χ1) is 14.9. The number of benzene rings is 2. The Morgan fingerprint density at radius 3 is 2.65 bits per heavy atom. The normalized spacial score (nSPS) is 11.4. The van der Waals surface area contributed by atoms with Crippen LogP contribution in [0, 0.1) is 10.1 Å². The van der Waals surface area contributed by atoms with Crippen molar-refractivity contribution < 1.29 is 28.5 Å². The van der Waals surface area contributed by atoms with Crippen LogP contribution < -0.4 is 10.1 Å². The minimum absolute atomic E-state index is 0.0520. The number of esters is 1. The van der Waals surface area contributed by atoms with Crippen LogP contribution in [-0.4, -0.2) is 40.1 Å². The Labute approximate surface area is 176 Å². The number of carbonyl (C=O) groups is 2. The van der Waals surface area contributed by atoms with E-state index in [1.54, 1.807) is 31.4 Å². The summed E-state index contributed by atoms with van der Waals surface area (Å²) in [4.78, 5) is 38.8. The van der Waals surface area contributed by atoms with Gasteiger partial charge in [-0.3, -0.25) is 14.9 Å². The van der Waals surface area contributed by atoms with E-state index < -0.39 is 22.8 Å². The zero-order valence-corrected chi connectivity index (χ0v) is 16.6. The summed E-state index contributed by atoms with van der Waals surface area (Å²) < 4.78 is 15.3. The van der Waals surface area contributed by atoms with Crippen molar-refractivity contribution in [3.63, 3.8) is 0 Å². The summed E-state index contributed by atoms with van der Waals surface area (Å²) in [6.07, 6.45) is 0. The number of rotatable bonds is 8. The molecule has 1 heterocycles. The number of non-ortho nitro benzene ring substituents is 1. The van der Waals surface area contributed by atoms with Crippen LogP contribution in [0.1, 0.15) is 23.1 Å². The van der Waals surface area contributed by atoms with Gasteiger partial charge in [0.05, 0.1) is 12.0 Å². The maximum atomic E-state index is 12.2. The second-order valence-corrected chi connectivity index (χ2v) is 6.35. The number of hydrogen-bond donors (Lipinski definition) is 1. The molecule has 0 saturated carbocycles. The highest BCUT2D eigenvalue weighted by Gasteiger charge is 2.20. The minimum Gasteiger partial charge on any atom is -0.497 e. The Morgan fingerprint density at radius 2 is 1.97 bits per heavy atom. The number of aromatic nitrogens is 2. The average molecular weight is 426 g/mol. The van der Waals surface area contributed by atoms with Crippen molar-refractivity contribution in [2.24, 2.45) is 0 Å². The Balaban J connectivity index is 1.54. The van der Waals surface area contributed by atoms with Crippen molar-refractivity contribution >= 4 is 17.6 Å². The molecule has 3 rings (SSSR count). The van der Waals surface area contributed by atoms with Crippen LogP contribution in [0.25, 0.3) is 11.5 Å². The summed E-state index contributed by atoms with van der Waals surface area (Å²) in [5, 5.41) is 17.0. The van der Waals surface area contributed by atoms with Gasteiger partial charge >= 0.3 is 5.97 Å². The van der Waals surface area contributed by atoms with Gasteiger partial charge in [0, 0.05) is 23.3 Å². The molecular formula is C20H18N4O7. The van der Waals surface area contributed by atoms with E-state index in [1.165, 1.54) is 25.1 Å². The number of nitro benzene ring substituents is 1. The third kappa shape index (κ3) is 5.41. The van der Waals surface area contributed by atoms with Gasteiger partial charge in [-0.25, -0.2) is 4.79 Å². The van der Waals surface area contributed by atoms with Gasteiger partial charge < -0.3 is 19.3 Å². The van der Waals surface area contributed by atoms with Crippen molar-refractivity contribution in [2.75, 3.05) is 7.11 Å². The van der Waals surface area contributed by atoms with Crippen LogP contribution in [0.2, 0.25) is 0 Å². The summed E-state index contributed by atoms with van der Waals surface area (Å²) in [7, 11) is 1.56. The predicted molar refractivity (Wildman–Crippen MR) is 106 cm³/mol. The van der Waals surface area contributed by atoms with E-state index in [9.17, 15) is 19.7 Å². The molecule has 11 heteroatoms. The SMILES string of the molecule is COc1ccc(-c2nc(COC(=O)[C@H](C)NC(=O)c3cccc([N+](=O)[O-])c3)no2)cc1. The largest absolute Gasteiger partial charge is 0.497 e. The quantitative estimate of drug-likeness (QED) is 0.326. The molecule has 1 atom stereocenters. The lowest BCUT2D eigenvalue weighted by molar-refractivity contribution is -0.384. The van der Waals surface area contributed by atoms with Gasteiger partial charge in [-0.1, -0.05) is 11.2 Å².